The molecule has 9 heteroatoms. The Kier molecular flexibility index (Phi) is 8.48. The molecule has 0 spiro atoms. The van der Waals surface area contributed by atoms with Crippen molar-refractivity contribution in [2.24, 2.45) is 5.92 Å². The second kappa shape index (κ2) is 11.5. The summed E-state index contributed by atoms with van der Waals surface area (Å²) >= 11 is 0. The van der Waals surface area contributed by atoms with Gasteiger partial charge in [0.2, 0.25) is 10.0 Å². The number of carbonyl (C=O) groups excluding carboxylic acids is 1. The first-order valence-electron chi connectivity index (χ1n) is 13.0. The highest BCUT2D eigenvalue weighted by molar-refractivity contribution is 7.89. The Labute approximate surface area is 225 Å². The van der Waals surface area contributed by atoms with Crippen LogP contribution < -0.4 is 4.74 Å². The molecule has 1 aliphatic heterocycles. The van der Waals surface area contributed by atoms with Crippen LogP contribution in [-0.2, 0) is 10.0 Å². The highest BCUT2D eigenvalue weighted by Crippen LogP contribution is 2.34. The van der Waals surface area contributed by atoms with Crippen molar-refractivity contribution in [3.05, 3.63) is 59.7 Å². The van der Waals surface area contributed by atoms with Gasteiger partial charge < -0.3 is 19.8 Å². The minimum absolute atomic E-state index is 0.0168. The second-order valence-corrected chi connectivity index (χ2v) is 12.3. The van der Waals surface area contributed by atoms with Gasteiger partial charge in [-0.3, -0.25) is 4.79 Å². The van der Waals surface area contributed by atoms with Gasteiger partial charge in [0.15, 0.2) is 0 Å². The van der Waals surface area contributed by atoms with E-state index < -0.39 is 27.8 Å². The summed E-state index contributed by atoms with van der Waals surface area (Å²) in [6, 6.07) is 13.0. The molecule has 3 atom stereocenters. The standard InChI is InChI=1S/C29H36N2O6S/c1-21-18-31(22(2)20-32)38(35,36)27-12-11-23(13-16-29(34)14-7-8-15-29)17-25(27)37-26(21)19-30(3)28(33)24-9-5-4-6-10-24/h4-6,9-12,17,21-22,26,32,34H,7-8,14-15,18-20H2,1-3H3/t21-,22+,26-/m1/s1. The Bertz CT molecular complexity index is 1310. The molecule has 1 heterocycles. The molecular formula is C29H36N2O6S. The van der Waals surface area contributed by atoms with E-state index in [9.17, 15) is 23.4 Å². The first-order chi connectivity index (χ1) is 18.0. The minimum atomic E-state index is -3.99. The van der Waals surface area contributed by atoms with Crippen molar-refractivity contribution in [3.8, 4) is 17.6 Å². The van der Waals surface area contributed by atoms with Gasteiger partial charge in [-0.25, -0.2) is 8.42 Å². The van der Waals surface area contributed by atoms with Crippen LogP contribution in [0.1, 0.15) is 55.5 Å². The summed E-state index contributed by atoms with van der Waals surface area (Å²) in [5.41, 5.74) is 0.0541. The van der Waals surface area contributed by atoms with E-state index in [1.807, 2.05) is 13.0 Å². The number of aliphatic hydroxyl groups is 2. The number of amides is 1. The number of likely N-dealkylation sites (N-methyl/N-ethyl adjacent to an activating group) is 1. The number of carbonyl (C=O) groups is 1. The number of benzene rings is 2. The Morgan fingerprint density at radius 1 is 1.21 bits per heavy atom. The molecule has 8 nitrogen and oxygen atoms in total. The molecule has 1 saturated carbocycles. The highest BCUT2D eigenvalue weighted by atomic mass is 32.2. The third kappa shape index (κ3) is 6.05. The van der Waals surface area contributed by atoms with Crippen LogP contribution in [0.25, 0.3) is 0 Å². The van der Waals surface area contributed by atoms with Crippen LogP contribution in [0.3, 0.4) is 0 Å². The van der Waals surface area contributed by atoms with E-state index in [-0.39, 0.29) is 42.2 Å². The fraction of sp³-hybridized carbons (Fsp3) is 0.483. The van der Waals surface area contributed by atoms with Gasteiger partial charge in [0, 0.05) is 36.7 Å². The number of rotatable bonds is 5. The van der Waals surface area contributed by atoms with Gasteiger partial charge in [0.05, 0.1) is 13.2 Å². The molecule has 0 unspecified atom stereocenters. The van der Waals surface area contributed by atoms with Crippen LogP contribution >= 0.6 is 0 Å². The average Bonchev–Trinajstić information content (AvgIpc) is 3.35. The van der Waals surface area contributed by atoms with E-state index in [1.165, 1.54) is 10.4 Å². The molecule has 1 fully saturated rings. The predicted molar refractivity (Wildman–Crippen MR) is 144 cm³/mol. The van der Waals surface area contributed by atoms with Crippen molar-refractivity contribution in [3.63, 3.8) is 0 Å². The van der Waals surface area contributed by atoms with Gasteiger partial charge >= 0.3 is 0 Å². The maximum atomic E-state index is 13.7. The SMILES string of the molecule is C[C@@H]1CN([C@@H](C)CO)S(=O)(=O)c2ccc(C#CC3(O)CCCC3)cc2O[C@@H]1CN(C)C(=O)c1ccccc1. The largest absolute Gasteiger partial charge is 0.487 e. The maximum Gasteiger partial charge on any atom is 0.253 e. The molecule has 4 rings (SSSR count). The van der Waals surface area contributed by atoms with Crippen molar-refractivity contribution in [2.75, 3.05) is 26.7 Å². The fourth-order valence-corrected chi connectivity index (χ4v) is 6.77. The van der Waals surface area contributed by atoms with Crippen LogP contribution in [0.4, 0.5) is 0 Å². The first kappa shape index (κ1) is 28.1. The molecule has 2 aromatic carbocycles. The number of aliphatic hydroxyl groups excluding tert-OH is 1. The van der Waals surface area contributed by atoms with Gasteiger partial charge in [0.25, 0.3) is 5.91 Å². The molecule has 1 amide bonds. The number of ether oxygens (including phenoxy) is 1. The predicted octanol–water partition coefficient (Wildman–Crippen LogP) is 2.88. The molecule has 0 bridgehead atoms. The summed E-state index contributed by atoms with van der Waals surface area (Å²) in [7, 11) is -2.29. The van der Waals surface area contributed by atoms with Crippen molar-refractivity contribution >= 4 is 15.9 Å². The van der Waals surface area contributed by atoms with Crippen LogP contribution in [0, 0.1) is 17.8 Å². The Morgan fingerprint density at radius 2 is 1.89 bits per heavy atom. The topological polar surface area (TPSA) is 107 Å². The number of hydrogen-bond donors (Lipinski definition) is 2. The summed E-state index contributed by atoms with van der Waals surface area (Å²) in [5, 5.41) is 20.5. The summed E-state index contributed by atoms with van der Waals surface area (Å²) in [6.45, 7) is 3.56. The normalized spacial score (nSPS) is 23.1. The summed E-state index contributed by atoms with van der Waals surface area (Å²) in [4.78, 5) is 14.6. The van der Waals surface area contributed by atoms with Crippen LogP contribution in [0.2, 0.25) is 0 Å². The van der Waals surface area contributed by atoms with E-state index in [2.05, 4.69) is 11.8 Å². The maximum absolute atomic E-state index is 13.7. The van der Waals surface area contributed by atoms with Crippen LogP contribution in [0.5, 0.6) is 5.75 Å². The lowest BCUT2D eigenvalue weighted by molar-refractivity contribution is 0.0563. The zero-order valence-corrected chi connectivity index (χ0v) is 22.9. The van der Waals surface area contributed by atoms with E-state index in [0.717, 1.165) is 12.8 Å². The number of hydrogen-bond acceptors (Lipinski definition) is 6. The van der Waals surface area contributed by atoms with E-state index in [4.69, 9.17) is 4.74 Å². The second-order valence-electron chi connectivity index (χ2n) is 10.4. The molecule has 0 radical (unpaired) electrons. The Hall–Kier alpha value is -2.90. The molecular weight excluding hydrogens is 504 g/mol. The monoisotopic (exact) mass is 540 g/mol. The highest BCUT2D eigenvalue weighted by Gasteiger charge is 2.38. The molecule has 38 heavy (non-hydrogen) atoms. The molecule has 1 aliphatic carbocycles. The third-order valence-corrected chi connectivity index (χ3v) is 9.38. The molecule has 2 aromatic rings. The summed E-state index contributed by atoms with van der Waals surface area (Å²) < 4.78 is 35.0. The molecule has 0 saturated heterocycles. The summed E-state index contributed by atoms with van der Waals surface area (Å²) in [6.07, 6.45) is 2.54. The van der Waals surface area contributed by atoms with Gasteiger partial charge in [-0.15, -0.1) is 0 Å². The van der Waals surface area contributed by atoms with Gasteiger partial charge in [-0.1, -0.05) is 37.0 Å². The summed E-state index contributed by atoms with van der Waals surface area (Å²) in [5.74, 6) is 5.63. The third-order valence-electron chi connectivity index (χ3n) is 7.36. The van der Waals surface area contributed by atoms with Gasteiger partial charge in [-0.2, -0.15) is 4.31 Å². The zero-order chi connectivity index (χ0) is 27.5. The van der Waals surface area contributed by atoms with Gasteiger partial charge in [0.1, 0.15) is 22.4 Å². The van der Waals surface area contributed by atoms with Crippen LogP contribution in [-0.4, -0.2) is 78.2 Å². The van der Waals surface area contributed by atoms with Crippen LogP contribution in [0.15, 0.2) is 53.4 Å². The van der Waals surface area contributed by atoms with E-state index >= 15 is 0 Å². The Balaban J connectivity index is 1.71. The smallest absolute Gasteiger partial charge is 0.253 e. The lowest BCUT2D eigenvalue weighted by atomic mass is 10.0. The molecule has 2 N–H and O–H groups in total. The average molecular weight is 541 g/mol. The number of fused-ring (bicyclic) bond motifs is 1. The first-order valence-corrected chi connectivity index (χ1v) is 14.5. The lowest BCUT2D eigenvalue weighted by Crippen LogP contribution is -2.50. The zero-order valence-electron chi connectivity index (χ0n) is 22.1. The number of sulfonamides is 1. The molecule has 2 aliphatic rings. The fourth-order valence-electron chi connectivity index (χ4n) is 4.95. The van der Waals surface area contributed by atoms with Crippen molar-refractivity contribution in [2.45, 2.75) is 62.2 Å². The van der Waals surface area contributed by atoms with E-state index in [1.54, 1.807) is 55.3 Å². The van der Waals surface area contributed by atoms with E-state index in [0.29, 0.717) is 24.0 Å². The quantitative estimate of drug-likeness (QED) is 0.565. The van der Waals surface area contributed by atoms with Crippen molar-refractivity contribution in [1.29, 1.82) is 0 Å². The molecule has 204 valence electrons. The van der Waals surface area contributed by atoms with Crippen molar-refractivity contribution in [1.82, 2.24) is 9.21 Å². The number of nitrogens with zero attached hydrogens (tertiary/aromatic N) is 2. The Morgan fingerprint density at radius 3 is 2.55 bits per heavy atom. The minimum Gasteiger partial charge on any atom is -0.487 e. The molecule has 0 aromatic heterocycles. The van der Waals surface area contributed by atoms with Gasteiger partial charge in [-0.05, 0) is 62.9 Å². The lowest BCUT2D eigenvalue weighted by Gasteiger charge is -2.37. The van der Waals surface area contributed by atoms with Crippen molar-refractivity contribution < 1.29 is 28.2 Å².